The number of hydrogen-bond donors (Lipinski definition) is 4. The van der Waals surface area contributed by atoms with Crippen LogP contribution in [-0.2, 0) is 32.4 Å². The summed E-state index contributed by atoms with van der Waals surface area (Å²) >= 11 is 0. The van der Waals surface area contributed by atoms with Crippen LogP contribution in [-0.4, -0.2) is 107 Å². The van der Waals surface area contributed by atoms with E-state index in [4.69, 9.17) is 9.84 Å². The number of benzene rings is 2. The molecule has 0 unspecified atom stereocenters. The molecule has 2 aliphatic heterocycles. The number of amides is 4. The van der Waals surface area contributed by atoms with Gasteiger partial charge in [-0.15, -0.1) is 0 Å². The highest BCUT2D eigenvalue weighted by Crippen LogP contribution is 2.35. The summed E-state index contributed by atoms with van der Waals surface area (Å²) in [5.74, 6) is 0.0114. The highest BCUT2D eigenvalue weighted by Gasteiger charge is 2.34. The number of aliphatic hydroxyl groups is 1. The second-order valence-corrected chi connectivity index (χ2v) is 18.4. The van der Waals surface area contributed by atoms with E-state index < -0.39 is 5.91 Å². The Morgan fingerprint density at radius 1 is 0.900 bits per heavy atom. The van der Waals surface area contributed by atoms with Gasteiger partial charge >= 0.3 is 0 Å². The van der Waals surface area contributed by atoms with E-state index in [9.17, 15) is 28.8 Å². The molecule has 2 aromatic carbocycles. The average Bonchev–Trinajstić information content (AvgIpc) is 4.14. The van der Waals surface area contributed by atoms with Gasteiger partial charge in [-0.1, -0.05) is 32.9 Å². The maximum atomic E-state index is 13.7. The zero-order valence-corrected chi connectivity index (χ0v) is 40.7. The van der Waals surface area contributed by atoms with Crippen molar-refractivity contribution in [1.82, 2.24) is 33.5 Å². The monoisotopic (exact) mass is 952 g/mol. The molecule has 4 aromatic heterocycles. The molecule has 0 aliphatic carbocycles. The number of fused-ring (bicyclic) bond motifs is 3. The fourth-order valence-corrected chi connectivity index (χ4v) is 8.25. The summed E-state index contributed by atoms with van der Waals surface area (Å²) in [5.41, 5.74) is 5.45. The van der Waals surface area contributed by atoms with Gasteiger partial charge in [0.15, 0.2) is 11.6 Å². The summed E-state index contributed by atoms with van der Waals surface area (Å²) in [5, 5.41) is 18.0. The Morgan fingerprint density at radius 3 is 2.41 bits per heavy atom. The second-order valence-electron chi connectivity index (χ2n) is 18.4. The van der Waals surface area contributed by atoms with Gasteiger partial charge in [0.25, 0.3) is 23.6 Å². The quantitative estimate of drug-likeness (QED) is 0.0456. The molecule has 4 N–H and O–H groups in total. The Morgan fingerprint density at radius 2 is 1.66 bits per heavy atom. The molecule has 0 bridgehead atoms. The fourth-order valence-electron chi connectivity index (χ4n) is 8.25. The van der Waals surface area contributed by atoms with Crippen LogP contribution in [0.4, 0.5) is 17.2 Å². The number of anilines is 2. The summed E-state index contributed by atoms with van der Waals surface area (Å²) in [7, 11) is 5.04. The third-order valence-electron chi connectivity index (χ3n) is 11.6. The first kappa shape index (κ1) is 50.0. The minimum absolute atomic E-state index is 0.0232. The number of rotatable bonds is 16. The van der Waals surface area contributed by atoms with Crippen molar-refractivity contribution in [3.05, 3.63) is 125 Å². The Balaban J connectivity index is 0.00000174. The van der Waals surface area contributed by atoms with Crippen LogP contribution in [0, 0.1) is 12.8 Å². The van der Waals surface area contributed by atoms with Crippen LogP contribution in [0.5, 0.6) is 5.75 Å². The summed E-state index contributed by atoms with van der Waals surface area (Å²) < 4.78 is 12.2. The largest absolute Gasteiger partial charge is 0.493 e. The first-order chi connectivity index (χ1) is 33.4. The highest BCUT2D eigenvalue weighted by molar-refractivity contribution is 6.07. The Hall–Kier alpha value is -7.86. The van der Waals surface area contributed by atoms with Crippen LogP contribution >= 0.6 is 0 Å². The molecule has 70 heavy (non-hydrogen) atoms. The minimum atomic E-state index is -0.448. The number of hydrogen-bond acceptors (Lipinski definition) is 10. The number of aryl methyl sites for hydroxylation is 4. The van der Waals surface area contributed by atoms with Crippen molar-refractivity contribution in [3.8, 4) is 5.75 Å². The number of nitrogens with zero attached hydrogens (tertiary/aromatic N) is 7. The number of carbonyl (C=O) groups is 6. The van der Waals surface area contributed by atoms with Gasteiger partial charge in [-0.05, 0) is 85.7 Å². The smallest absolute Gasteiger partial charge is 0.279 e. The molecule has 4 amide bonds. The van der Waals surface area contributed by atoms with Crippen molar-refractivity contribution in [1.29, 1.82) is 0 Å². The van der Waals surface area contributed by atoms with E-state index in [-0.39, 0.29) is 78.8 Å². The zero-order valence-electron chi connectivity index (χ0n) is 40.7. The molecule has 0 radical (unpaired) electrons. The third-order valence-corrected chi connectivity index (χ3v) is 11.6. The Labute approximate surface area is 406 Å². The molecule has 18 nitrogen and oxygen atoms in total. The number of aromatic nitrogens is 5. The van der Waals surface area contributed by atoms with Crippen molar-refractivity contribution in [2.24, 2.45) is 32.1 Å². The van der Waals surface area contributed by atoms with E-state index in [0.29, 0.717) is 82.8 Å². The lowest BCUT2D eigenvalue weighted by Crippen LogP contribution is -2.35. The number of nitrogens with one attached hydrogen (secondary N) is 3. The lowest BCUT2D eigenvalue weighted by atomic mass is 10.1. The first-order valence-electron chi connectivity index (χ1n) is 23.2. The van der Waals surface area contributed by atoms with Crippen molar-refractivity contribution < 1.29 is 38.6 Å². The molecule has 6 heterocycles. The van der Waals surface area contributed by atoms with E-state index in [2.05, 4.69) is 53.3 Å². The average molecular weight is 953 g/mol. The zero-order chi connectivity index (χ0) is 50.4. The van der Waals surface area contributed by atoms with Gasteiger partial charge in [0.05, 0.1) is 35.1 Å². The van der Waals surface area contributed by atoms with Crippen molar-refractivity contribution in [2.75, 3.05) is 36.9 Å². The van der Waals surface area contributed by atoms with Crippen LogP contribution in [0.25, 0.3) is 10.9 Å². The molecule has 366 valence electrons. The number of carbonyl (C=O) groups excluding carboxylic acids is 6. The van der Waals surface area contributed by atoms with Gasteiger partial charge in [-0.25, -0.2) is 4.98 Å². The summed E-state index contributed by atoms with van der Waals surface area (Å²) in [6, 6.07) is 13.4. The summed E-state index contributed by atoms with van der Waals surface area (Å²) in [6.45, 7) is 13.5. The number of ketones is 1. The standard InChI is InChI=1S/C48H50N10O8.C4H10/c1-28-16-34-23-50-36-22-41(29(2)17-35(36)47(64)58(34)24-28)66-15-6-8-43(61)52-42-27-56(5)44(53-42)40(60)19-30-18-38(54(3)25-30)46(63)51-33-21-39(55(4)26-33)48(65)57-13-11-31-20-32(9-10-37(31)57)45(62)49-12-7-14-59;1-4(2)3/h9-11,13,17-18,20-23,25-27,34,59H,1,6-8,12,14-16,19,24H2,2-5H3,(H,49,62)(H,51,63)(H,52,61);4H,1-3H3/t34-;/m0./s1. The molecule has 8 rings (SSSR count). The van der Waals surface area contributed by atoms with Gasteiger partial charge in [-0.3, -0.25) is 38.3 Å². The number of Topliss-reactive ketones (excluding diaryl/α,β-unsaturated/α-hetero) is 1. The summed E-state index contributed by atoms with van der Waals surface area (Å²) in [4.78, 5) is 89.9. The molecule has 1 saturated heterocycles. The van der Waals surface area contributed by atoms with Crippen LogP contribution in [0.2, 0.25) is 0 Å². The molecule has 1 fully saturated rings. The Kier molecular flexibility index (Phi) is 15.4. The van der Waals surface area contributed by atoms with Crippen molar-refractivity contribution >= 4 is 69.6 Å². The third kappa shape index (κ3) is 11.5. The topological polar surface area (TPSA) is 216 Å². The van der Waals surface area contributed by atoms with Crippen LogP contribution in [0.3, 0.4) is 0 Å². The maximum absolute atomic E-state index is 13.7. The van der Waals surface area contributed by atoms with E-state index in [0.717, 1.165) is 17.1 Å². The molecule has 6 aromatic rings. The predicted octanol–water partition coefficient (Wildman–Crippen LogP) is 6.79. The minimum Gasteiger partial charge on any atom is -0.493 e. The summed E-state index contributed by atoms with van der Waals surface area (Å²) in [6.07, 6.45) is 9.91. The molecular formula is C52H60N10O8. The van der Waals surface area contributed by atoms with E-state index in [1.165, 1.54) is 9.13 Å². The van der Waals surface area contributed by atoms with Crippen LogP contribution in [0.1, 0.15) is 110 Å². The normalized spacial score (nSPS) is 14.0. The predicted molar refractivity (Wildman–Crippen MR) is 268 cm³/mol. The van der Waals surface area contributed by atoms with Gasteiger partial charge in [-0.2, -0.15) is 0 Å². The van der Waals surface area contributed by atoms with Crippen molar-refractivity contribution in [3.63, 3.8) is 0 Å². The number of ether oxygens (including phenoxy) is 1. The fraction of sp³-hybridized carbons (Fsp3) is 0.346. The van der Waals surface area contributed by atoms with Crippen LogP contribution in [0.15, 0.2) is 90.5 Å². The van der Waals surface area contributed by atoms with Crippen LogP contribution < -0.4 is 20.7 Å². The SMILES string of the molecule is C=C1C[C@H]2C=Nc3cc(OCCCC(=O)Nc4cn(C)c(C(=O)Cc5cc(C(=O)Nc6cc(C(=O)n7ccc8cc(C(=O)NCCCO)ccc87)n(C)c6)n(C)c5)n4)c(C)cc3C(=O)N2C1.CC(C)C. The highest BCUT2D eigenvalue weighted by atomic mass is 16.5. The van der Waals surface area contributed by atoms with E-state index >= 15 is 0 Å². The number of aliphatic imine (C=N–C) groups is 1. The number of imidazole rings is 1. The van der Waals surface area contributed by atoms with E-state index in [1.807, 2.05) is 6.92 Å². The molecule has 0 spiro atoms. The van der Waals surface area contributed by atoms with Crippen molar-refractivity contribution in [2.45, 2.75) is 65.8 Å². The molecule has 0 saturated carbocycles. The van der Waals surface area contributed by atoms with E-state index in [1.54, 1.807) is 115 Å². The number of aliphatic hydroxyl groups excluding tert-OH is 1. The molecule has 1 atom stereocenters. The van der Waals surface area contributed by atoms with Gasteiger partial charge in [0.1, 0.15) is 17.1 Å². The maximum Gasteiger partial charge on any atom is 0.279 e. The first-order valence-corrected chi connectivity index (χ1v) is 23.2. The molecular weight excluding hydrogens is 893 g/mol. The van der Waals surface area contributed by atoms with Gasteiger partial charge in [0.2, 0.25) is 11.7 Å². The molecule has 2 aliphatic rings. The van der Waals surface area contributed by atoms with Gasteiger partial charge in [0, 0.05) is 102 Å². The lowest BCUT2D eigenvalue weighted by molar-refractivity contribution is -0.116. The second kappa shape index (κ2) is 21.6. The Bertz CT molecular complexity index is 3040. The lowest BCUT2D eigenvalue weighted by Gasteiger charge is -2.20. The molecule has 18 heteroatoms. The van der Waals surface area contributed by atoms with Gasteiger partial charge < -0.3 is 44.4 Å².